The topological polar surface area (TPSA) is 60.2 Å². The summed E-state index contributed by atoms with van der Waals surface area (Å²) in [5.74, 6) is 1.13. The molecule has 8 heteroatoms. The fourth-order valence-electron chi connectivity index (χ4n) is 2.37. The van der Waals surface area contributed by atoms with Crippen LogP contribution in [0.3, 0.4) is 0 Å². The zero-order valence-electron chi connectivity index (χ0n) is 14.9. The van der Waals surface area contributed by atoms with Crippen molar-refractivity contribution in [1.29, 1.82) is 0 Å². The first-order chi connectivity index (χ1) is 12.6. The predicted molar refractivity (Wildman–Crippen MR) is 104 cm³/mol. The van der Waals surface area contributed by atoms with Crippen molar-refractivity contribution in [3.8, 4) is 11.4 Å². The summed E-state index contributed by atoms with van der Waals surface area (Å²) in [6.07, 6.45) is 1.64. The molecule has 0 radical (unpaired) electrons. The highest BCUT2D eigenvalue weighted by Crippen LogP contribution is 2.23. The lowest BCUT2D eigenvalue weighted by atomic mass is 10.3. The first-order valence-electron chi connectivity index (χ1n) is 8.02. The van der Waals surface area contributed by atoms with Crippen molar-refractivity contribution >= 4 is 29.0 Å². The number of ether oxygens (including phenoxy) is 1. The Morgan fingerprint density at radius 3 is 2.96 bits per heavy atom. The van der Waals surface area contributed by atoms with E-state index in [1.54, 1.807) is 29.7 Å². The molecule has 0 N–H and O–H groups in total. The van der Waals surface area contributed by atoms with Crippen LogP contribution in [0.15, 0.2) is 47.2 Å². The van der Waals surface area contributed by atoms with Gasteiger partial charge in [-0.05, 0) is 36.1 Å². The average molecular weight is 389 g/mol. The van der Waals surface area contributed by atoms with Crippen LogP contribution in [0.5, 0.6) is 5.75 Å². The van der Waals surface area contributed by atoms with E-state index in [0.29, 0.717) is 17.5 Å². The fourth-order valence-corrected chi connectivity index (χ4v) is 4.19. The van der Waals surface area contributed by atoms with Crippen molar-refractivity contribution in [1.82, 2.24) is 19.7 Å². The van der Waals surface area contributed by atoms with Gasteiger partial charge in [0, 0.05) is 18.0 Å². The highest BCUT2D eigenvalue weighted by atomic mass is 32.2. The third-order valence-electron chi connectivity index (χ3n) is 3.95. The summed E-state index contributed by atoms with van der Waals surface area (Å²) in [4.78, 5) is 15.4. The van der Waals surface area contributed by atoms with Crippen LogP contribution in [0, 0.1) is 6.92 Å². The normalized spacial score (nSPS) is 10.7. The van der Waals surface area contributed by atoms with Crippen LogP contribution in [0.2, 0.25) is 0 Å². The van der Waals surface area contributed by atoms with E-state index >= 15 is 0 Å². The molecule has 1 amide bonds. The molecule has 1 aromatic carbocycles. The maximum Gasteiger partial charge on any atom is 0.233 e. The zero-order chi connectivity index (χ0) is 18.5. The first kappa shape index (κ1) is 18.5. The van der Waals surface area contributed by atoms with Crippen LogP contribution in [-0.4, -0.2) is 45.5 Å². The van der Waals surface area contributed by atoms with Crippen molar-refractivity contribution < 1.29 is 9.53 Å². The summed E-state index contributed by atoms with van der Waals surface area (Å²) in [5.41, 5.74) is 2.12. The lowest BCUT2D eigenvalue weighted by Crippen LogP contribution is -2.27. The van der Waals surface area contributed by atoms with E-state index in [1.165, 1.54) is 22.2 Å². The van der Waals surface area contributed by atoms with Gasteiger partial charge >= 0.3 is 0 Å². The van der Waals surface area contributed by atoms with Gasteiger partial charge in [0.05, 0.1) is 25.1 Å². The molecule has 0 unspecified atom stereocenters. The molecular weight excluding hydrogens is 368 g/mol. The number of hydrogen-bond donors (Lipinski definition) is 0. The highest BCUT2D eigenvalue weighted by Gasteiger charge is 2.15. The number of rotatable bonds is 7. The summed E-state index contributed by atoms with van der Waals surface area (Å²) in [6, 6.07) is 9.71. The van der Waals surface area contributed by atoms with Gasteiger partial charge in [0.25, 0.3) is 0 Å². The van der Waals surface area contributed by atoms with E-state index in [1.807, 2.05) is 41.3 Å². The van der Waals surface area contributed by atoms with Crippen molar-refractivity contribution in [3.63, 3.8) is 0 Å². The molecule has 2 aromatic heterocycles. The molecule has 0 atom stereocenters. The molecule has 0 aliphatic carbocycles. The van der Waals surface area contributed by atoms with Gasteiger partial charge in [-0.25, -0.2) is 0 Å². The standard InChI is InChI=1S/C18H20N4O2S2/c1-13-7-8-25-16(13)10-21(2)17(23)11-26-18-20-19-12-22(18)14-5-4-6-15(9-14)24-3/h4-9,12H,10-11H2,1-3H3. The van der Waals surface area contributed by atoms with Crippen LogP contribution in [-0.2, 0) is 11.3 Å². The molecule has 0 fully saturated rings. The maximum absolute atomic E-state index is 12.5. The van der Waals surface area contributed by atoms with Gasteiger partial charge < -0.3 is 9.64 Å². The van der Waals surface area contributed by atoms with Gasteiger partial charge in [-0.1, -0.05) is 17.8 Å². The maximum atomic E-state index is 12.5. The van der Waals surface area contributed by atoms with Crippen LogP contribution in [0.25, 0.3) is 5.69 Å². The number of nitrogens with zero attached hydrogens (tertiary/aromatic N) is 4. The third kappa shape index (κ3) is 4.25. The smallest absolute Gasteiger partial charge is 0.233 e. The molecule has 3 aromatic rings. The first-order valence-corrected chi connectivity index (χ1v) is 9.89. The quantitative estimate of drug-likeness (QED) is 0.581. The Balaban J connectivity index is 1.64. The minimum atomic E-state index is 0.0583. The van der Waals surface area contributed by atoms with E-state index in [4.69, 9.17) is 4.74 Å². The van der Waals surface area contributed by atoms with Crippen molar-refractivity contribution in [2.45, 2.75) is 18.6 Å². The lowest BCUT2D eigenvalue weighted by Gasteiger charge is -2.16. The Morgan fingerprint density at radius 1 is 1.38 bits per heavy atom. The molecule has 0 aliphatic rings. The van der Waals surface area contributed by atoms with Gasteiger partial charge in [0.1, 0.15) is 12.1 Å². The van der Waals surface area contributed by atoms with Crippen molar-refractivity contribution in [3.05, 3.63) is 52.5 Å². The highest BCUT2D eigenvalue weighted by molar-refractivity contribution is 7.99. The van der Waals surface area contributed by atoms with Crippen LogP contribution >= 0.6 is 23.1 Å². The molecule has 6 nitrogen and oxygen atoms in total. The van der Waals surface area contributed by atoms with Crippen LogP contribution in [0.1, 0.15) is 10.4 Å². The second-order valence-electron chi connectivity index (χ2n) is 5.75. The molecule has 0 spiro atoms. The third-order valence-corrected chi connectivity index (χ3v) is 5.88. The summed E-state index contributed by atoms with van der Waals surface area (Å²) in [5, 5.41) is 10.8. The Morgan fingerprint density at radius 2 is 2.23 bits per heavy atom. The Labute approximate surface area is 160 Å². The van der Waals surface area contributed by atoms with Gasteiger partial charge in [-0.3, -0.25) is 9.36 Å². The van der Waals surface area contributed by atoms with Crippen LogP contribution in [0.4, 0.5) is 0 Å². The molecule has 0 saturated heterocycles. The number of hydrogen-bond acceptors (Lipinski definition) is 6. The molecule has 0 aliphatic heterocycles. The Bertz CT molecular complexity index is 891. The molecule has 0 bridgehead atoms. The van der Waals surface area contributed by atoms with Gasteiger partial charge in [-0.15, -0.1) is 21.5 Å². The second-order valence-corrected chi connectivity index (χ2v) is 7.69. The molecule has 3 rings (SSSR count). The van der Waals surface area contributed by atoms with Gasteiger partial charge in [0.2, 0.25) is 5.91 Å². The molecular formula is C18H20N4O2S2. The molecule has 2 heterocycles. The number of carbonyl (C=O) groups is 1. The average Bonchev–Trinajstić information content (AvgIpc) is 3.29. The Kier molecular flexibility index (Phi) is 5.95. The Hall–Kier alpha value is -2.32. The fraction of sp³-hybridized carbons (Fsp3) is 0.278. The lowest BCUT2D eigenvalue weighted by molar-refractivity contribution is -0.127. The monoisotopic (exact) mass is 388 g/mol. The van der Waals surface area contributed by atoms with E-state index in [9.17, 15) is 4.79 Å². The second kappa shape index (κ2) is 8.37. The summed E-state index contributed by atoms with van der Waals surface area (Å²) in [7, 11) is 3.46. The number of carbonyl (C=O) groups excluding carboxylic acids is 1. The van der Waals surface area contributed by atoms with Gasteiger partial charge in [-0.2, -0.15) is 0 Å². The zero-order valence-corrected chi connectivity index (χ0v) is 16.5. The molecule has 26 heavy (non-hydrogen) atoms. The summed E-state index contributed by atoms with van der Waals surface area (Å²) >= 11 is 3.05. The van der Waals surface area contributed by atoms with Crippen molar-refractivity contribution in [2.24, 2.45) is 0 Å². The summed E-state index contributed by atoms with van der Waals surface area (Å²) in [6.45, 7) is 2.70. The number of thiophene rings is 1. The van der Waals surface area contributed by atoms with Crippen LogP contribution < -0.4 is 4.74 Å². The van der Waals surface area contributed by atoms with E-state index in [2.05, 4.69) is 23.2 Å². The number of aryl methyl sites for hydroxylation is 1. The number of amides is 1. The summed E-state index contributed by atoms with van der Waals surface area (Å²) < 4.78 is 7.11. The van der Waals surface area contributed by atoms with E-state index in [-0.39, 0.29) is 5.91 Å². The number of benzene rings is 1. The SMILES string of the molecule is COc1cccc(-n2cnnc2SCC(=O)N(C)Cc2sccc2C)c1. The number of thioether (sulfide) groups is 1. The minimum Gasteiger partial charge on any atom is -0.497 e. The molecule has 136 valence electrons. The van der Waals surface area contributed by atoms with Crippen molar-refractivity contribution in [2.75, 3.05) is 19.9 Å². The molecule has 0 saturated carbocycles. The number of methoxy groups -OCH3 is 1. The van der Waals surface area contributed by atoms with E-state index in [0.717, 1.165) is 11.4 Å². The number of aromatic nitrogens is 3. The minimum absolute atomic E-state index is 0.0583. The van der Waals surface area contributed by atoms with Gasteiger partial charge in [0.15, 0.2) is 5.16 Å². The largest absolute Gasteiger partial charge is 0.497 e. The predicted octanol–water partition coefficient (Wildman–Crippen LogP) is 3.40. The van der Waals surface area contributed by atoms with E-state index < -0.39 is 0 Å².